The van der Waals surface area contributed by atoms with Gasteiger partial charge < -0.3 is 10.2 Å². The van der Waals surface area contributed by atoms with Crippen molar-refractivity contribution in [2.24, 2.45) is 0 Å². The van der Waals surface area contributed by atoms with Crippen molar-refractivity contribution in [3.05, 3.63) is 62.6 Å². The maximum absolute atomic E-state index is 13.2. The molecule has 0 aromatic heterocycles. The second kappa shape index (κ2) is 12.1. The van der Waals surface area contributed by atoms with E-state index in [-0.39, 0.29) is 37.7 Å². The van der Waals surface area contributed by atoms with Gasteiger partial charge in [-0.2, -0.15) is 0 Å². The summed E-state index contributed by atoms with van der Waals surface area (Å²) >= 11 is 18.7. The highest BCUT2D eigenvalue weighted by molar-refractivity contribution is 7.92. The maximum Gasteiger partial charge on any atom is 0.242 e. The van der Waals surface area contributed by atoms with Gasteiger partial charge in [-0.1, -0.05) is 46.9 Å². The summed E-state index contributed by atoms with van der Waals surface area (Å²) < 4.78 is 26.2. The van der Waals surface area contributed by atoms with Crippen LogP contribution in [0.1, 0.15) is 30.9 Å². The van der Waals surface area contributed by atoms with Gasteiger partial charge in [-0.05, 0) is 50.1 Å². The highest BCUT2D eigenvalue weighted by Gasteiger charge is 2.27. The van der Waals surface area contributed by atoms with Crippen LogP contribution in [-0.2, 0) is 26.2 Å². The number of carbonyl (C=O) groups excluding carboxylic acids is 2. The van der Waals surface area contributed by atoms with Crippen LogP contribution in [0.5, 0.6) is 0 Å². The Kier molecular flexibility index (Phi) is 10.1. The number of anilines is 1. The third-order valence-electron chi connectivity index (χ3n) is 5.46. The lowest BCUT2D eigenvalue weighted by Crippen LogP contribution is -2.47. The number of halogens is 3. The van der Waals surface area contributed by atoms with Crippen molar-refractivity contribution in [2.45, 2.75) is 39.3 Å². The number of hydrogen-bond donors (Lipinski definition) is 1. The van der Waals surface area contributed by atoms with Gasteiger partial charge in [0, 0.05) is 47.2 Å². The zero-order valence-corrected chi connectivity index (χ0v) is 22.5. The van der Waals surface area contributed by atoms with E-state index in [1.165, 1.54) is 16.3 Å². The van der Waals surface area contributed by atoms with Gasteiger partial charge in [-0.3, -0.25) is 13.9 Å². The molecule has 0 saturated carbocycles. The van der Waals surface area contributed by atoms with Crippen LogP contribution in [0.25, 0.3) is 0 Å². The molecule has 0 saturated heterocycles. The molecule has 0 aliphatic heterocycles. The minimum absolute atomic E-state index is 0.00897. The van der Waals surface area contributed by atoms with Crippen molar-refractivity contribution in [1.29, 1.82) is 0 Å². The van der Waals surface area contributed by atoms with Crippen LogP contribution in [0.15, 0.2) is 36.4 Å². The SMILES string of the molecule is CNC(=O)C(C)N(Cc1c(Cl)cccc1Cl)C(=O)CCCN(c1cccc(Cl)c1C)S(C)(=O)=O. The Morgan fingerprint density at radius 1 is 1.03 bits per heavy atom. The lowest BCUT2D eigenvalue weighted by molar-refractivity contribution is -0.140. The summed E-state index contributed by atoms with van der Waals surface area (Å²) in [6, 6.07) is 9.26. The summed E-state index contributed by atoms with van der Waals surface area (Å²) in [7, 11) is -2.13. The molecule has 1 unspecified atom stereocenters. The summed E-state index contributed by atoms with van der Waals surface area (Å²) in [6.45, 7) is 3.46. The molecular weight excluding hydrogens is 521 g/mol. The highest BCUT2D eigenvalue weighted by atomic mass is 35.5. The van der Waals surface area contributed by atoms with Gasteiger partial charge in [0.2, 0.25) is 21.8 Å². The first kappa shape index (κ1) is 28.2. The topological polar surface area (TPSA) is 86.8 Å². The van der Waals surface area contributed by atoms with Crippen molar-refractivity contribution in [3.8, 4) is 0 Å². The minimum atomic E-state index is -3.62. The Hall–Kier alpha value is -2.00. The summed E-state index contributed by atoms with van der Waals surface area (Å²) in [6.07, 6.45) is 1.34. The Balaban J connectivity index is 2.23. The van der Waals surface area contributed by atoms with Crippen molar-refractivity contribution in [2.75, 3.05) is 24.2 Å². The van der Waals surface area contributed by atoms with Crippen LogP contribution >= 0.6 is 34.8 Å². The van der Waals surface area contributed by atoms with E-state index in [4.69, 9.17) is 34.8 Å². The fourth-order valence-corrected chi connectivity index (χ4v) is 5.20. The van der Waals surface area contributed by atoms with Gasteiger partial charge in [-0.25, -0.2) is 8.42 Å². The predicted octanol–water partition coefficient (Wildman–Crippen LogP) is 4.66. The molecule has 0 aliphatic rings. The number of nitrogens with zero attached hydrogens (tertiary/aromatic N) is 2. The molecule has 0 bridgehead atoms. The quantitative estimate of drug-likeness (QED) is 0.468. The second-order valence-electron chi connectivity index (χ2n) is 7.83. The molecule has 0 spiro atoms. The van der Waals surface area contributed by atoms with E-state index < -0.39 is 16.1 Å². The van der Waals surface area contributed by atoms with E-state index in [1.807, 2.05) is 0 Å². The normalized spacial score (nSPS) is 12.2. The summed E-state index contributed by atoms with van der Waals surface area (Å²) in [5.74, 6) is -0.674. The van der Waals surface area contributed by atoms with E-state index in [0.717, 1.165) is 6.26 Å². The molecule has 11 heteroatoms. The van der Waals surface area contributed by atoms with Crippen LogP contribution in [0.2, 0.25) is 15.1 Å². The summed E-state index contributed by atoms with van der Waals surface area (Å²) in [4.78, 5) is 26.9. The van der Waals surface area contributed by atoms with Crippen LogP contribution < -0.4 is 9.62 Å². The highest BCUT2D eigenvalue weighted by Crippen LogP contribution is 2.29. The first-order chi connectivity index (χ1) is 15.9. The lowest BCUT2D eigenvalue weighted by Gasteiger charge is -2.30. The van der Waals surface area contributed by atoms with Crippen LogP contribution in [0.3, 0.4) is 0 Å². The van der Waals surface area contributed by atoms with Crippen molar-refractivity contribution >= 4 is 62.3 Å². The average molecular weight is 549 g/mol. The molecule has 0 radical (unpaired) electrons. The third kappa shape index (κ3) is 7.01. The Bertz CT molecular complexity index is 1140. The zero-order valence-electron chi connectivity index (χ0n) is 19.4. The molecule has 0 aliphatic carbocycles. The Morgan fingerprint density at radius 3 is 2.15 bits per heavy atom. The molecule has 1 N–H and O–H groups in total. The van der Waals surface area contributed by atoms with Crippen LogP contribution in [0, 0.1) is 6.92 Å². The fourth-order valence-electron chi connectivity index (χ4n) is 3.49. The van der Waals surface area contributed by atoms with E-state index in [0.29, 0.717) is 31.9 Å². The standard InChI is InChI=1S/C23H28Cl3N3O4S/c1-15-18(24)8-6-11-21(15)29(34(4,32)33)13-7-12-22(30)28(16(2)23(31)27-3)14-17-19(25)9-5-10-20(17)26/h5-6,8-11,16H,7,12-14H2,1-4H3,(H,27,31). The van der Waals surface area contributed by atoms with Gasteiger partial charge in [0.1, 0.15) is 6.04 Å². The number of carbonyl (C=O) groups is 2. The van der Waals surface area contributed by atoms with Gasteiger partial charge in [-0.15, -0.1) is 0 Å². The minimum Gasteiger partial charge on any atom is -0.357 e. The van der Waals surface area contributed by atoms with Gasteiger partial charge in [0.05, 0.1) is 11.9 Å². The second-order valence-corrected chi connectivity index (χ2v) is 11.0. The van der Waals surface area contributed by atoms with Crippen molar-refractivity contribution in [1.82, 2.24) is 10.2 Å². The molecule has 2 aromatic carbocycles. The Labute approximate surface area is 216 Å². The van der Waals surface area contributed by atoms with Crippen LogP contribution in [-0.4, -0.2) is 51.0 Å². The number of sulfonamides is 1. The van der Waals surface area contributed by atoms with Crippen molar-refractivity contribution in [3.63, 3.8) is 0 Å². The summed E-state index contributed by atoms with van der Waals surface area (Å²) in [5, 5.41) is 3.76. The molecular formula is C23H28Cl3N3O4S. The largest absolute Gasteiger partial charge is 0.357 e. The van der Waals surface area contributed by atoms with E-state index in [1.54, 1.807) is 50.2 Å². The molecule has 1 atom stereocenters. The maximum atomic E-state index is 13.2. The third-order valence-corrected chi connectivity index (χ3v) is 7.76. The van der Waals surface area contributed by atoms with E-state index >= 15 is 0 Å². The molecule has 2 amide bonds. The molecule has 2 rings (SSSR count). The average Bonchev–Trinajstić information content (AvgIpc) is 2.77. The van der Waals surface area contributed by atoms with Gasteiger partial charge in [0.25, 0.3) is 0 Å². The number of likely N-dealkylation sites (N-methyl/N-ethyl adjacent to an activating group) is 1. The Morgan fingerprint density at radius 2 is 1.59 bits per heavy atom. The number of nitrogens with one attached hydrogen (secondary N) is 1. The van der Waals surface area contributed by atoms with Gasteiger partial charge >= 0.3 is 0 Å². The number of hydrogen-bond acceptors (Lipinski definition) is 4. The van der Waals surface area contributed by atoms with Crippen molar-refractivity contribution < 1.29 is 18.0 Å². The molecule has 7 nitrogen and oxygen atoms in total. The molecule has 2 aromatic rings. The predicted molar refractivity (Wildman–Crippen MR) is 138 cm³/mol. The first-order valence-corrected chi connectivity index (χ1v) is 13.5. The molecule has 0 heterocycles. The van der Waals surface area contributed by atoms with E-state index in [2.05, 4.69) is 5.32 Å². The number of rotatable bonds is 10. The lowest BCUT2D eigenvalue weighted by atomic mass is 10.1. The molecule has 186 valence electrons. The molecule has 34 heavy (non-hydrogen) atoms. The number of benzene rings is 2. The van der Waals surface area contributed by atoms with E-state index in [9.17, 15) is 18.0 Å². The van der Waals surface area contributed by atoms with Crippen LogP contribution in [0.4, 0.5) is 5.69 Å². The monoisotopic (exact) mass is 547 g/mol. The van der Waals surface area contributed by atoms with Gasteiger partial charge in [0.15, 0.2) is 0 Å². The molecule has 0 fully saturated rings. The fraction of sp³-hybridized carbons (Fsp3) is 0.391. The first-order valence-electron chi connectivity index (χ1n) is 10.5. The number of amides is 2. The summed E-state index contributed by atoms with van der Waals surface area (Å²) in [5.41, 5.74) is 1.62. The zero-order chi connectivity index (χ0) is 25.6. The smallest absolute Gasteiger partial charge is 0.242 e.